The molecule has 2 rings (SSSR count). The fourth-order valence-electron chi connectivity index (χ4n) is 1.96. The third-order valence-corrected chi connectivity index (χ3v) is 3.39. The number of aromatic nitrogens is 1. The van der Waals surface area contributed by atoms with Gasteiger partial charge in [0.25, 0.3) is 0 Å². The van der Waals surface area contributed by atoms with Gasteiger partial charge in [0.1, 0.15) is 0 Å². The van der Waals surface area contributed by atoms with E-state index in [0.29, 0.717) is 11.6 Å². The summed E-state index contributed by atoms with van der Waals surface area (Å²) in [5.41, 5.74) is 9.71. The number of hydrogen-bond acceptors (Lipinski definition) is 3. The molecule has 0 atom stereocenters. The fourth-order valence-corrected chi connectivity index (χ4v) is 2.21. The van der Waals surface area contributed by atoms with Gasteiger partial charge in [0.2, 0.25) is 0 Å². The molecule has 0 bridgehead atoms. The molecule has 1 heterocycles. The van der Waals surface area contributed by atoms with E-state index < -0.39 is 0 Å². The number of rotatable bonds is 4. The standard InChI is InChI=1S/C15H18ClN3/c1-11-4-3-5-13(18-11)10-19(2)14-7-6-12(9-17)15(16)8-14/h3-8H,9-10,17H2,1-2H3. The van der Waals surface area contributed by atoms with Crippen LogP contribution in [-0.4, -0.2) is 12.0 Å². The van der Waals surface area contributed by atoms with Gasteiger partial charge in [0.05, 0.1) is 12.2 Å². The summed E-state index contributed by atoms with van der Waals surface area (Å²) in [6, 6.07) is 12.0. The second-order valence-corrected chi connectivity index (χ2v) is 5.01. The molecule has 0 aliphatic carbocycles. The molecule has 1 aromatic heterocycles. The maximum Gasteiger partial charge on any atom is 0.0600 e. The highest BCUT2D eigenvalue weighted by molar-refractivity contribution is 6.31. The fraction of sp³-hybridized carbons (Fsp3) is 0.267. The first-order chi connectivity index (χ1) is 9.10. The lowest BCUT2D eigenvalue weighted by molar-refractivity contribution is 0.876. The van der Waals surface area contributed by atoms with E-state index in [1.54, 1.807) is 0 Å². The van der Waals surface area contributed by atoms with E-state index in [1.165, 1.54) is 0 Å². The highest BCUT2D eigenvalue weighted by Crippen LogP contribution is 2.23. The zero-order valence-corrected chi connectivity index (χ0v) is 12.0. The van der Waals surface area contributed by atoms with Crippen molar-refractivity contribution >= 4 is 17.3 Å². The molecule has 1 aromatic carbocycles. The minimum Gasteiger partial charge on any atom is -0.369 e. The molecule has 0 spiro atoms. The Morgan fingerprint density at radius 1 is 1.26 bits per heavy atom. The molecule has 0 aliphatic rings. The van der Waals surface area contributed by atoms with Crippen LogP contribution in [0.3, 0.4) is 0 Å². The zero-order chi connectivity index (χ0) is 13.8. The van der Waals surface area contributed by atoms with E-state index in [2.05, 4.69) is 9.88 Å². The lowest BCUT2D eigenvalue weighted by Gasteiger charge is -2.20. The average Bonchev–Trinajstić information content (AvgIpc) is 2.38. The van der Waals surface area contributed by atoms with Crippen LogP contribution < -0.4 is 10.6 Å². The number of benzene rings is 1. The van der Waals surface area contributed by atoms with Crippen LogP contribution in [0.5, 0.6) is 0 Å². The van der Waals surface area contributed by atoms with Crippen LogP contribution in [0.15, 0.2) is 36.4 Å². The van der Waals surface area contributed by atoms with Gasteiger partial charge < -0.3 is 10.6 Å². The molecule has 19 heavy (non-hydrogen) atoms. The number of nitrogens with two attached hydrogens (primary N) is 1. The van der Waals surface area contributed by atoms with Gasteiger partial charge in [-0.1, -0.05) is 23.7 Å². The van der Waals surface area contributed by atoms with Crippen molar-refractivity contribution in [2.24, 2.45) is 5.73 Å². The van der Waals surface area contributed by atoms with Crippen molar-refractivity contribution < 1.29 is 0 Å². The van der Waals surface area contributed by atoms with Crippen LogP contribution in [0.25, 0.3) is 0 Å². The Labute approximate surface area is 119 Å². The molecule has 2 N–H and O–H groups in total. The quantitative estimate of drug-likeness (QED) is 0.932. The Hall–Kier alpha value is -1.58. The van der Waals surface area contributed by atoms with Crippen molar-refractivity contribution in [2.45, 2.75) is 20.0 Å². The topological polar surface area (TPSA) is 42.1 Å². The van der Waals surface area contributed by atoms with Gasteiger partial charge in [0, 0.05) is 30.0 Å². The molecule has 100 valence electrons. The summed E-state index contributed by atoms with van der Waals surface area (Å²) >= 11 is 6.18. The lowest BCUT2D eigenvalue weighted by atomic mass is 10.2. The number of pyridine rings is 1. The molecule has 0 saturated heterocycles. The van der Waals surface area contributed by atoms with Crippen molar-refractivity contribution in [3.63, 3.8) is 0 Å². The predicted octanol–water partition coefficient (Wildman–Crippen LogP) is 3.14. The lowest BCUT2D eigenvalue weighted by Crippen LogP contribution is -2.17. The van der Waals surface area contributed by atoms with Gasteiger partial charge in [-0.15, -0.1) is 0 Å². The molecule has 0 fully saturated rings. The highest BCUT2D eigenvalue weighted by Gasteiger charge is 2.06. The van der Waals surface area contributed by atoms with Gasteiger partial charge in [-0.25, -0.2) is 0 Å². The summed E-state index contributed by atoms with van der Waals surface area (Å²) < 4.78 is 0. The molecule has 0 aliphatic heterocycles. The maximum absolute atomic E-state index is 6.18. The van der Waals surface area contributed by atoms with Crippen molar-refractivity contribution in [2.75, 3.05) is 11.9 Å². The number of nitrogens with zero attached hydrogens (tertiary/aromatic N) is 2. The summed E-state index contributed by atoms with van der Waals surface area (Å²) in [6.07, 6.45) is 0. The summed E-state index contributed by atoms with van der Waals surface area (Å²) in [5, 5.41) is 0.712. The van der Waals surface area contributed by atoms with Gasteiger partial charge in [-0.2, -0.15) is 0 Å². The maximum atomic E-state index is 6.18. The van der Waals surface area contributed by atoms with Crippen LogP contribution >= 0.6 is 11.6 Å². The average molecular weight is 276 g/mol. The largest absolute Gasteiger partial charge is 0.369 e. The minimum atomic E-state index is 0.461. The molecule has 3 nitrogen and oxygen atoms in total. The van der Waals surface area contributed by atoms with Crippen LogP contribution in [0, 0.1) is 6.92 Å². The first-order valence-electron chi connectivity index (χ1n) is 6.22. The molecule has 0 radical (unpaired) electrons. The number of hydrogen-bond donors (Lipinski definition) is 1. The molecule has 0 unspecified atom stereocenters. The summed E-state index contributed by atoms with van der Waals surface area (Å²) in [5.74, 6) is 0. The number of aryl methyl sites for hydroxylation is 1. The third-order valence-electron chi connectivity index (χ3n) is 3.04. The number of anilines is 1. The molecule has 0 amide bonds. The highest BCUT2D eigenvalue weighted by atomic mass is 35.5. The Morgan fingerprint density at radius 3 is 2.68 bits per heavy atom. The second-order valence-electron chi connectivity index (χ2n) is 4.61. The van der Waals surface area contributed by atoms with Crippen LogP contribution in [0.2, 0.25) is 5.02 Å². The van der Waals surface area contributed by atoms with E-state index in [9.17, 15) is 0 Å². The molecule has 0 saturated carbocycles. The van der Waals surface area contributed by atoms with Crippen LogP contribution in [0.1, 0.15) is 17.0 Å². The molecular weight excluding hydrogens is 258 g/mol. The smallest absolute Gasteiger partial charge is 0.0600 e. The second kappa shape index (κ2) is 6.04. The first-order valence-corrected chi connectivity index (χ1v) is 6.60. The van der Waals surface area contributed by atoms with Crippen molar-refractivity contribution in [3.8, 4) is 0 Å². The monoisotopic (exact) mass is 275 g/mol. The van der Waals surface area contributed by atoms with E-state index in [0.717, 1.165) is 29.2 Å². The van der Waals surface area contributed by atoms with Gasteiger partial charge in [-0.05, 0) is 36.8 Å². The van der Waals surface area contributed by atoms with Gasteiger partial charge in [0.15, 0.2) is 0 Å². The third kappa shape index (κ3) is 3.46. The van der Waals surface area contributed by atoms with Crippen molar-refractivity contribution in [3.05, 3.63) is 58.4 Å². The van der Waals surface area contributed by atoms with Crippen LogP contribution in [0.4, 0.5) is 5.69 Å². The Morgan fingerprint density at radius 2 is 2.05 bits per heavy atom. The SMILES string of the molecule is Cc1cccc(CN(C)c2ccc(CN)c(Cl)c2)n1. The Bertz CT molecular complexity index is 569. The van der Waals surface area contributed by atoms with Gasteiger partial charge >= 0.3 is 0 Å². The molecular formula is C15H18ClN3. The Balaban J connectivity index is 2.15. The summed E-state index contributed by atoms with van der Waals surface area (Å²) in [6.45, 7) is 3.21. The zero-order valence-electron chi connectivity index (χ0n) is 11.2. The van der Waals surface area contributed by atoms with E-state index >= 15 is 0 Å². The molecule has 2 aromatic rings. The Kier molecular flexibility index (Phi) is 4.40. The van der Waals surface area contributed by atoms with Gasteiger partial charge in [-0.3, -0.25) is 4.98 Å². The van der Waals surface area contributed by atoms with E-state index in [4.69, 9.17) is 17.3 Å². The minimum absolute atomic E-state index is 0.461. The van der Waals surface area contributed by atoms with Crippen LogP contribution in [-0.2, 0) is 13.1 Å². The normalized spacial score (nSPS) is 10.5. The van der Waals surface area contributed by atoms with E-state index in [1.807, 2.05) is 50.4 Å². The summed E-state index contributed by atoms with van der Waals surface area (Å²) in [4.78, 5) is 6.62. The predicted molar refractivity (Wildman–Crippen MR) is 80.4 cm³/mol. The number of halogens is 1. The van der Waals surface area contributed by atoms with E-state index in [-0.39, 0.29) is 0 Å². The molecule has 4 heteroatoms. The van der Waals surface area contributed by atoms with Crippen molar-refractivity contribution in [1.29, 1.82) is 0 Å². The first kappa shape index (κ1) is 13.8. The summed E-state index contributed by atoms with van der Waals surface area (Å²) in [7, 11) is 2.03. The van der Waals surface area contributed by atoms with Crippen molar-refractivity contribution in [1.82, 2.24) is 4.98 Å².